The fourth-order valence-corrected chi connectivity index (χ4v) is 19.5. The fraction of sp³-hybridized carbons (Fsp3) is 0.0545. The minimum Gasteiger partial charge on any atom is -0.0616 e. The smallest absolute Gasteiger partial charge is 0.0165 e. The Morgan fingerprint density at radius 1 is 0.145 bits per heavy atom. The van der Waals surface area contributed by atoms with Crippen molar-refractivity contribution in [3.63, 3.8) is 0 Å². The van der Waals surface area contributed by atoms with Crippen LogP contribution in [0.25, 0.3) is 197 Å². The summed E-state index contributed by atoms with van der Waals surface area (Å²) in [4.78, 5) is 0. The average molecular weight is 1400 g/mol. The van der Waals surface area contributed by atoms with Gasteiger partial charge < -0.3 is 0 Å². The topological polar surface area (TPSA) is 0 Å². The Kier molecular flexibility index (Phi) is 15.1. The van der Waals surface area contributed by atoms with Crippen LogP contribution in [0.3, 0.4) is 0 Å². The molecular formula is C110H76. The van der Waals surface area contributed by atoms with E-state index in [1.54, 1.807) is 0 Å². The summed E-state index contributed by atoms with van der Waals surface area (Å²) in [7, 11) is 0. The lowest BCUT2D eigenvalue weighted by Gasteiger charge is -2.25. The fourth-order valence-electron chi connectivity index (χ4n) is 19.5. The molecule has 0 heterocycles. The van der Waals surface area contributed by atoms with Gasteiger partial charge in [-0.2, -0.15) is 0 Å². The van der Waals surface area contributed by atoms with Crippen LogP contribution in [0.2, 0.25) is 0 Å². The maximum absolute atomic E-state index is 2.43. The molecule has 0 spiro atoms. The van der Waals surface area contributed by atoms with Crippen LogP contribution in [0.4, 0.5) is 0 Å². The van der Waals surface area contributed by atoms with Crippen molar-refractivity contribution in [1.82, 2.24) is 0 Å². The molecule has 516 valence electrons. The quantitative estimate of drug-likeness (QED) is 0.133. The van der Waals surface area contributed by atoms with Gasteiger partial charge in [0.25, 0.3) is 0 Å². The predicted octanol–water partition coefficient (Wildman–Crippen LogP) is 30.5. The summed E-state index contributed by atoms with van der Waals surface area (Å²) >= 11 is 0. The zero-order valence-corrected chi connectivity index (χ0v) is 62.0. The van der Waals surface area contributed by atoms with Crippen molar-refractivity contribution >= 4 is 86.2 Å². The Morgan fingerprint density at radius 3 is 0.855 bits per heavy atom. The molecule has 2 aliphatic rings. The summed E-state index contributed by atoms with van der Waals surface area (Å²) in [5.74, 6) is 0. The third-order valence-electron chi connectivity index (χ3n) is 24.4. The highest BCUT2D eigenvalue weighted by Crippen LogP contribution is 2.57. The number of rotatable bonds is 8. The highest BCUT2D eigenvalue weighted by atomic mass is 14.4. The third kappa shape index (κ3) is 10.3. The lowest BCUT2D eigenvalue weighted by atomic mass is 9.78. The van der Waals surface area contributed by atoms with Crippen molar-refractivity contribution in [2.75, 3.05) is 0 Å². The average Bonchev–Trinajstić information content (AvgIpc) is 1.50. The van der Waals surface area contributed by atoms with Crippen molar-refractivity contribution in [3.05, 3.63) is 411 Å². The molecular weight excluding hydrogens is 1320 g/mol. The molecule has 110 heavy (non-hydrogen) atoms. The lowest BCUT2D eigenvalue weighted by molar-refractivity contribution is 0.663. The van der Waals surface area contributed by atoms with Crippen molar-refractivity contribution in [2.45, 2.75) is 38.5 Å². The van der Waals surface area contributed by atoms with E-state index >= 15 is 0 Å². The number of benzene rings is 20. The molecule has 0 atom stereocenters. The van der Waals surface area contributed by atoms with Crippen LogP contribution in [0.15, 0.2) is 388 Å². The maximum atomic E-state index is 2.43. The molecule has 20 aromatic rings. The minimum atomic E-state index is -0.139. The Balaban J connectivity index is 0.000000140. The van der Waals surface area contributed by atoms with E-state index in [4.69, 9.17) is 0 Å². The van der Waals surface area contributed by atoms with E-state index < -0.39 is 0 Å². The summed E-state index contributed by atoms with van der Waals surface area (Å²) < 4.78 is 0. The van der Waals surface area contributed by atoms with Crippen molar-refractivity contribution in [3.8, 4) is 111 Å². The van der Waals surface area contributed by atoms with Gasteiger partial charge in [-0.05, 0) is 256 Å². The molecule has 0 saturated carbocycles. The molecule has 22 rings (SSSR count). The molecule has 0 aliphatic heterocycles. The molecule has 0 nitrogen and oxygen atoms in total. The molecule has 0 fully saturated rings. The largest absolute Gasteiger partial charge is 0.0616 e. The number of hydrogen-bond donors (Lipinski definition) is 0. The number of hydrogen-bond acceptors (Lipinski definition) is 0. The molecule has 0 unspecified atom stereocenters. The second-order valence-corrected chi connectivity index (χ2v) is 31.2. The van der Waals surface area contributed by atoms with Crippen LogP contribution in [-0.2, 0) is 10.8 Å². The van der Waals surface area contributed by atoms with Crippen molar-refractivity contribution < 1.29 is 0 Å². The SMILES string of the molecule is CC1(C)c2cc3ccccc3cc2-c2cccc(-c3cccc(-c4c5ccccc5c(-c5ccc(-c6cccc7ccccc67)cc5)c5ccccc45)c3)c21.CC1(C)c2cc3ccccc3cc2-c2cccc(-c3cccc(-c4c5ccccc5c(-c5ccccc5-c5cccc6ccccc56)c5ccccc45)c3)c21. The van der Waals surface area contributed by atoms with Crippen molar-refractivity contribution in [2.24, 2.45) is 0 Å². The molecule has 20 aromatic carbocycles. The van der Waals surface area contributed by atoms with Crippen LogP contribution in [0.5, 0.6) is 0 Å². The van der Waals surface area contributed by atoms with Gasteiger partial charge in [0, 0.05) is 10.8 Å². The van der Waals surface area contributed by atoms with Gasteiger partial charge in [-0.25, -0.2) is 0 Å². The van der Waals surface area contributed by atoms with Gasteiger partial charge >= 0.3 is 0 Å². The van der Waals surface area contributed by atoms with Crippen LogP contribution in [-0.4, -0.2) is 0 Å². The Labute approximate surface area is 642 Å². The van der Waals surface area contributed by atoms with E-state index in [2.05, 4.69) is 416 Å². The van der Waals surface area contributed by atoms with Crippen LogP contribution >= 0.6 is 0 Å². The molecule has 0 saturated heterocycles. The van der Waals surface area contributed by atoms with E-state index in [9.17, 15) is 0 Å². The van der Waals surface area contributed by atoms with Crippen LogP contribution in [0.1, 0.15) is 49.9 Å². The standard InChI is InChI=1S/2C55H38/c1-55(2)51-34-39-16-4-3-15-38(39)33-50(51)49-27-13-26-44(54(49)55)40-18-11-19-41(32-40)53-47-23-9-7-21-45(47)52(46-22-8-10-24-48(46)53)37-30-28-36(29-31-37)43-25-12-17-35-14-5-6-20-42(35)43;1-55(2)51-34-37-18-4-3-17-36(37)33-50(51)49-31-15-29-41(54(49)55)38-20-13-21-39(32-38)52-45-25-9-11-27-47(45)53(48-28-12-10-26-46(48)52)44-24-8-7-23-43(44)42-30-14-19-35-16-5-6-22-40(35)42/h2*3-34H,1-2H3. The summed E-state index contributed by atoms with van der Waals surface area (Å²) in [5, 5.41) is 20.4. The first-order chi connectivity index (χ1) is 54.1. The first kappa shape index (κ1) is 64.8. The first-order valence-electron chi connectivity index (χ1n) is 38.7. The Hall–Kier alpha value is -13.5. The van der Waals surface area contributed by atoms with E-state index in [0.717, 1.165) is 0 Å². The molecule has 0 N–H and O–H groups in total. The van der Waals surface area contributed by atoms with Crippen molar-refractivity contribution in [1.29, 1.82) is 0 Å². The normalized spacial score (nSPS) is 13.1. The molecule has 2 aliphatic carbocycles. The summed E-state index contributed by atoms with van der Waals surface area (Å²) in [6, 6.07) is 144. The lowest BCUT2D eigenvalue weighted by Crippen LogP contribution is -2.16. The zero-order valence-electron chi connectivity index (χ0n) is 62.0. The predicted molar refractivity (Wildman–Crippen MR) is 472 cm³/mol. The highest BCUT2D eigenvalue weighted by molar-refractivity contribution is 6.24. The second kappa shape index (κ2) is 25.6. The first-order valence-corrected chi connectivity index (χ1v) is 38.7. The van der Waals surface area contributed by atoms with E-state index in [0.29, 0.717) is 0 Å². The highest BCUT2D eigenvalue weighted by Gasteiger charge is 2.40. The third-order valence-corrected chi connectivity index (χ3v) is 24.4. The van der Waals surface area contributed by atoms with Gasteiger partial charge in [-0.3, -0.25) is 0 Å². The second-order valence-electron chi connectivity index (χ2n) is 31.2. The summed E-state index contributed by atoms with van der Waals surface area (Å²) in [5.41, 5.74) is 30.9. The van der Waals surface area contributed by atoms with E-state index in [1.165, 1.54) is 220 Å². The maximum Gasteiger partial charge on any atom is 0.0165 e. The molecule has 0 bridgehead atoms. The van der Waals surface area contributed by atoms with E-state index in [1.807, 2.05) is 0 Å². The molecule has 0 aromatic heterocycles. The molecule has 0 radical (unpaired) electrons. The van der Waals surface area contributed by atoms with Gasteiger partial charge in [-0.15, -0.1) is 0 Å². The van der Waals surface area contributed by atoms with Gasteiger partial charge in [0.2, 0.25) is 0 Å². The van der Waals surface area contributed by atoms with Crippen LogP contribution in [0, 0.1) is 0 Å². The monoisotopic (exact) mass is 1400 g/mol. The Bertz CT molecular complexity index is 7070. The van der Waals surface area contributed by atoms with Crippen LogP contribution < -0.4 is 0 Å². The zero-order chi connectivity index (χ0) is 73.3. The summed E-state index contributed by atoms with van der Waals surface area (Å²) in [6.07, 6.45) is 0. The molecule has 0 heteroatoms. The minimum absolute atomic E-state index is 0.133. The van der Waals surface area contributed by atoms with Gasteiger partial charge in [0.1, 0.15) is 0 Å². The summed E-state index contributed by atoms with van der Waals surface area (Å²) in [6.45, 7) is 9.59. The molecule has 0 amide bonds. The Morgan fingerprint density at radius 2 is 0.418 bits per heavy atom. The van der Waals surface area contributed by atoms with E-state index in [-0.39, 0.29) is 10.8 Å². The van der Waals surface area contributed by atoms with Gasteiger partial charge in [0.15, 0.2) is 0 Å². The van der Waals surface area contributed by atoms with Gasteiger partial charge in [-0.1, -0.05) is 380 Å². The van der Waals surface area contributed by atoms with Gasteiger partial charge in [0.05, 0.1) is 0 Å². The number of fused-ring (bicyclic) bond motifs is 14.